The van der Waals surface area contributed by atoms with Gasteiger partial charge in [0.1, 0.15) is 13.2 Å². The minimum absolute atomic E-state index is 0.0452. The standard InChI is InChI=1S/C26H24N2O6/c1-16-22(25(29)31-12-6-11-27)24(19-9-10-20-21(13-19)34-15-33-20)23(17(2)28-16)26(30)32-14-18-7-4-3-5-8-18/h3-5,7-10,13,24,28H,6,12,14-15H2,1-2H3. The Balaban J connectivity index is 1.70. The molecule has 0 bridgehead atoms. The van der Waals surface area contributed by atoms with Gasteiger partial charge in [0.25, 0.3) is 0 Å². The molecule has 2 aromatic rings. The predicted octanol–water partition coefficient (Wildman–Crippen LogP) is 3.85. The molecule has 34 heavy (non-hydrogen) atoms. The molecule has 1 unspecified atom stereocenters. The number of allylic oxidation sites excluding steroid dienone is 2. The van der Waals surface area contributed by atoms with Crippen molar-refractivity contribution in [2.24, 2.45) is 0 Å². The van der Waals surface area contributed by atoms with Gasteiger partial charge in [0.2, 0.25) is 6.79 Å². The highest BCUT2D eigenvalue weighted by atomic mass is 16.7. The second kappa shape index (κ2) is 10.1. The number of rotatable bonds is 7. The van der Waals surface area contributed by atoms with Crippen molar-refractivity contribution in [1.29, 1.82) is 5.26 Å². The monoisotopic (exact) mass is 460 g/mol. The van der Waals surface area contributed by atoms with E-state index >= 15 is 0 Å². The zero-order valence-corrected chi connectivity index (χ0v) is 18.9. The minimum Gasteiger partial charge on any atom is -0.461 e. The van der Waals surface area contributed by atoms with Gasteiger partial charge in [-0.1, -0.05) is 36.4 Å². The molecule has 4 rings (SSSR count). The number of ether oxygens (including phenoxy) is 4. The molecule has 0 aliphatic carbocycles. The lowest BCUT2D eigenvalue weighted by Crippen LogP contribution is -2.32. The first kappa shape index (κ1) is 22.9. The lowest BCUT2D eigenvalue weighted by molar-refractivity contribution is -0.141. The highest BCUT2D eigenvalue weighted by molar-refractivity contribution is 6.00. The van der Waals surface area contributed by atoms with Crippen LogP contribution >= 0.6 is 0 Å². The van der Waals surface area contributed by atoms with Gasteiger partial charge in [0.05, 0.1) is 29.6 Å². The van der Waals surface area contributed by atoms with Gasteiger partial charge >= 0.3 is 11.9 Å². The summed E-state index contributed by atoms with van der Waals surface area (Å²) >= 11 is 0. The van der Waals surface area contributed by atoms with E-state index in [-0.39, 0.29) is 32.0 Å². The van der Waals surface area contributed by atoms with Gasteiger partial charge in [0, 0.05) is 11.4 Å². The van der Waals surface area contributed by atoms with Crippen molar-refractivity contribution in [3.8, 4) is 17.6 Å². The molecule has 2 aromatic carbocycles. The smallest absolute Gasteiger partial charge is 0.337 e. The number of carbonyl (C=O) groups is 2. The number of hydrogen-bond acceptors (Lipinski definition) is 8. The Morgan fingerprint density at radius 3 is 2.38 bits per heavy atom. The first-order valence-corrected chi connectivity index (χ1v) is 10.8. The molecule has 2 aliphatic heterocycles. The molecule has 0 fully saturated rings. The van der Waals surface area contributed by atoms with Crippen molar-refractivity contribution in [1.82, 2.24) is 5.32 Å². The first-order valence-electron chi connectivity index (χ1n) is 10.8. The number of benzene rings is 2. The molecule has 0 radical (unpaired) electrons. The van der Waals surface area contributed by atoms with Crippen LogP contribution in [0, 0.1) is 11.3 Å². The normalized spacial score (nSPS) is 16.6. The maximum Gasteiger partial charge on any atom is 0.337 e. The summed E-state index contributed by atoms with van der Waals surface area (Å²) < 4.78 is 21.9. The van der Waals surface area contributed by atoms with Crippen LogP contribution in [-0.4, -0.2) is 25.3 Å². The van der Waals surface area contributed by atoms with E-state index in [1.54, 1.807) is 32.0 Å². The van der Waals surface area contributed by atoms with Gasteiger partial charge in [-0.05, 0) is 37.1 Å². The van der Waals surface area contributed by atoms with Gasteiger partial charge in [-0.25, -0.2) is 9.59 Å². The Bertz CT molecular complexity index is 1210. The Morgan fingerprint density at radius 2 is 1.68 bits per heavy atom. The van der Waals surface area contributed by atoms with E-state index in [9.17, 15) is 9.59 Å². The summed E-state index contributed by atoms with van der Waals surface area (Å²) in [5.74, 6) is -0.797. The van der Waals surface area contributed by atoms with Crippen molar-refractivity contribution in [3.63, 3.8) is 0 Å². The van der Waals surface area contributed by atoms with Gasteiger partial charge in [-0.15, -0.1) is 0 Å². The Morgan fingerprint density at radius 1 is 1.00 bits per heavy atom. The molecule has 8 heteroatoms. The highest BCUT2D eigenvalue weighted by Crippen LogP contribution is 2.43. The number of nitrogens with one attached hydrogen (secondary N) is 1. The van der Waals surface area contributed by atoms with Crippen molar-refractivity contribution in [2.75, 3.05) is 13.4 Å². The van der Waals surface area contributed by atoms with E-state index in [0.717, 1.165) is 5.56 Å². The second-order valence-corrected chi connectivity index (χ2v) is 7.85. The van der Waals surface area contributed by atoms with E-state index in [4.69, 9.17) is 24.2 Å². The largest absolute Gasteiger partial charge is 0.461 e. The van der Waals surface area contributed by atoms with Crippen LogP contribution < -0.4 is 14.8 Å². The molecule has 0 saturated heterocycles. The van der Waals surface area contributed by atoms with Crippen LogP contribution in [0.15, 0.2) is 71.1 Å². The summed E-state index contributed by atoms with van der Waals surface area (Å²) in [7, 11) is 0. The lowest BCUT2D eigenvalue weighted by Gasteiger charge is -2.30. The molecule has 2 aliphatic rings. The molecule has 174 valence electrons. The van der Waals surface area contributed by atoms with Crippen LogP contribution in [0.3, 0.4) is 0 Å². The third-order valence-corrected chi connectivity index (χ3v) is 5.59. The topological polar surface area (TPSA) is 107 Å². The number of fused-ring (bicyclic) bond motifs is 1. The van der Waals surface area contributed by atoms with Gasteiger partial charge in [-0.2, -0.15) is 5.26 Å². The quantitative estimate of drug-likeness (QED) is 0.491. The van der Waals surface area contributed by atoms with E-state index < -0.39 is 17.9 Å². The minimum atomic E-state index is -0.756. The highest BCUT2D eigenvalue weighted by Gasteiger charge is 2.38. The molecule has 8 nitrogen and oxygen atoms in total. The molecule has 0 amide bonds. The van der Waals surface area contributed by atoms with Crippen LogP contribution in [0.4, 0.5) is 0 Å². The number of nitriles is 1. The second-order valence-electron chi connectivity index (χ2n) is 7.85. The lowest BCUT2D eigenvalue weighted by atomic mass is 9.80. The zero-order chi connectivity index (χ0) is 24.1. The van der Waals surface area contributed by atoms with Crippen LogP contribution in [-0.2, 0) is 25.7 Å². The average Bonchev–Trinajstić information content (AvgIpc) is 3.31. The van der Waals surface area contributed by atoms with Crippen molar-refractivity contribution in [3.05, 3.63) is 82.2 Å². The molecule has 1 atom stereocenters. The number of esters is 2. The third-order valence-electron chi connectivity index (χ3n) is 5.59. The Kier molecular flexibility index (Phi) is 6.83. The molecular formula is C26H24N2O6. The number of carbonyl (C=O) groups excluding carboxylic acids is 2. The third kappa shape index (κ3) is 4.74. The molecule has 0 aromatic heterocycles. The average molecular weight is 460 g/mol. The van der Waals surface area contributed by atoms with Gasteiger partial charge in [0.15, 0.2) is 11.5 Å². The van der Waals surface area contributed by atoms with Crippen LogP contribution in [0.2, 0.25) is 0 Å². The van der Waals surface area contributed by atoms with Crippen LogP contribution in [0.25, 0.3) is 0 Å². The number of dihydropyridines is 1. The SMILES string of the molecule is CC1=C(C(=O)OCCC#N)C(c2ccc3c(c2)OCO3)C(C(=O)OCc2ccccc2)=C(C)N1. The van der Waals surface area contributed by atoms with Crippen molar-refractivity contribution >= 4 is 11.9 Å². The van der Waals surface area contributed by atoms with Crippen molar-refractivity contribution < 1.29 is 28.5 Å². The van der Waals surface area contributed by atoms with Crippen molar-refractivity contribution in [2.45, 2.75) is 32.8 Å². The zero-order valence-electron chi connectivity index (χ0n) is 18.9. The fraction of sp³-hybridized carbons (Fsp3) is 0.269. The summed E-state index contributed by atoms with van der Waals surface area (Å²) in [5.41, 5.74) is 3.21. The van der Waals surface area contributed by atoms with Crippen LogP contribution in [0.1, 0.15) is 37.3 Å². The Hall–Kier alpha value is -4.25. The fourth-order valence-corrected chi connectivity index (χ4v) is 4.03. The first-order chi connectivity index (χ1) is 16.5. The fourth-order valence-electron chi connectivity index (χ4n) is 4.03. The predicted molar refractivity (Wildman–Crippen MR) is 121 cm³/mol. The molecule has 2 heterocycles. The van der Waals surface area contributed by atoms with Crippen LogP contribution in [0.5, 0.6) is 11.5 Å². The molecule has 0 spiro atoms. The summed E-state index contributed by atoms with van der Waals surface area (Å²) in [6.45, 7) is 3.66. The summed E-state index contributed by atoms with van der Waals surface area (Å²) in [6, 6.07) is 16.6. The van der Waals surface area contributed by atoms with Gasteiger partial charge in [-0.3, -0.25) is 0 Å². The molecule has 0 saturated carbocycles. The number of nitrogens with zero attached hydrogens (tertiary/aromatic N) is 1. The maximum absolute atomic E-state index is 13.3. The summed E-state index contributed by atoms with van der Waals surface area (Å²) in [6.07, 6.45) is 0.0705. The Labute approximate surface area is 197 Å². The van der Waals surface area contributed by atoms with E-state index in [1.807, 2.05) is 36.4 Å². The summed E-state index contributed by atoms with van der Waals surface area (Å²) in [4.78, 5) is 26.4. The van der Waals surface area contributed by atoms with E-state index in [1.165, 1.54) is 0 Å². The summed E-state index contributed by atoms with van der Waals surface area (Å²) in [5, 5.41) is 11.9. The molecule has 1 N–H and O–H groups in total. The van der Waals surface area contributed by atoms with E-state index in [0.29, 0.717) is 34.0 Å². The maximum atomic E-state index is 13.3. The van der Waals surface area contributed by atoms with E-state index in [2.05, 4.69) is 5.32 Å². The number of hydrogen-bond donors (Lipinski definition) is 1. The molecular weight excluding hydrogens is 436 g/mol. The van der Waals surface area contributed by atoms with Gasteiger partial charge < -0.3 is 24.3 Å².